The van der Waals surface area contributed by atoms with Crippen LogP contribution in [0.5, 0.6) is 11.5 Å². The molecular formula is C46H46ClN5O7S. The van der Waals surface area contributed by atoms with Crippen LogP contribution in [0.4, 0.5) is 17.1 Å². The number of benzene rings is 5. The Morgan fingerprint density at radius 2 is 1.70 bits per heavy atom. The molecule has 5 aromatic rings. The Balaban J connectivity index is 1.02. The molecule has 2 fully saturated rings. The third kappa shape index (κ3) is 9.04. The molecule has 0 bridgehead atoms. The summed E-state index contributed by atoms with van der Waals surface area (Å²) in [4.78, 5) is 29.7. The lowest BCUT2D eigenvalue weighted by Gasteiger charge is -2.40. The monoisotopic (exact) mass is 847 g/mol. The SMILES string of the molecule is C[C@H](c1ccccc1-c1ccc(Cl)cc1)N1CCN(c2ccc(C(=O)NS(=O)(=O)c3ccc(NCC4CCOCC4)c([N+](=O)[O-])c3)c(Oc3cccc4c3C=CC4)c2)CC1. The molecule has 1 atom stereocenters. The number of fused-ring (bicyclic) bond motifs is 1. The lowest BCUT2D eigenvalue weighted by atomic mass is 9.94. The van der Waals surface area contributed by atoms with Crippen molar-refractivity contribution >= 4 is 50.7 Å². The van der Waals surface area contributed by atoms with Gasteiger partial charge in [-0.05, 0) is 96.8 Å². The van der Waals surface area contributed by atoms with Crippen LogP contribution in [-0.2, 0) is 21.2 Å². The fourth-order valence-corrected chi connectivity index (χ4v) is 9.30. The summed E-state index contributed by atoms with van der Waals surface area (Å²) in [7, 11) is -4.54. The summed E-state index contributed by atoms with van der Waals surface area (Å²) >= 11 is 6.19. The molecule has 12 nitrogen and oxygen atoms in total. The van der Waals surface area contributed by atoms with Gasteiger partial charge < -0.3 is 19.7 Å². The smallest absolute Gasteiger partial charge is 0.293 e. The van der Waals surface area contributed by atoms with Crippen LogP contribution in [0, 0.1) is 16.0 Å². The van der Waals surface area contributed by atoms with Crippen molar-refractivity contribution in [2.45, 2.75) is 37.1 Å². The Morgan fingerprint density at radius 1 is 0.933 bits per heavy atom. The van der Waals surface area contributed by atoms with E-state index in [9.17, 15) is 23.3 Å². The predicted octanol–water partition coefficient (Wildman–Crippen LogP) is 9.12. The Bertz CT molecular complexity index is 2540. The summed E-state index contributed by atoms with van der Waals surface area (Å²) in [5.41, 5.74) is 6.08. The molecule has 310 valence electrons. The zero-order valence-corrected chi connectivity index (χ0v) is 34.8. The highest BCUT2D eigenvalue weighted by Gasteiger charge is 2.29. The number of allylic oxidation sites excluding steroid dienone is 1. The number of sulfonamides is 1. The first-order chi connectivity index (χ1) is 29.0. The zero-order valence-electron chi connectivity index (χ0n) is 33.2. The van der Waals surface area contributed by atoms with Gasteiger partial charge >= 0.3 is 0 Å². The number of amides is 1. The number of hydrogen-bond donors (Lipinski definition) is 2. The Kier molecular flexibility index (Phi) is 12.2. The van der Waals surface area contributed by atoms with Crippen molar-refractivity contribution in [2.24, 2.45) is 5.92 Å². The summed E-state index contributed by atoms with van der Waals surface area (Å²) in [5.74, 6) is 0.0645. The largest absolute Gasteiger partial charge is 0.456 e. The quantitative estimate of drug-likeness (QED) is 0.0870. The molecule has 0 saturated carbocycles. The number of rotatable bonds is 13. The van der Waals surface area contributed by atoms with Gasteiger partial charge in [0.05, 0.1) is 15.4 Å². The summed E-state index contributed by atoms with van der Waals surface area (Å²) in [6, 6.07) is 30.9. The van der Waals surface area contributed by atoms with Crippen LogP contribution in [0.1, 0.15) is 52.9 Å². The van der Waals surface area contributed by atoms with Gasteiger partial charge in [0.1, 0.15) is 17.2 Å². The maximum absolute atomic E-state index is 14.0. The van der Waals surface area contributed by atoms with E-state index >= 15 is 0 Å². The number of nitrogens with one attached hydrogen (secondary N) is 2. The van der Waals surface area contributed by atoms with Crippen molar-refractivity contribution in [1.29, 1.82) is 0 Å². The lowest BCUT2D eigenvalue weighted by molar-refractivity contribution is -0.384. The van der Waals surface area contributed by atoms with Gasteiger partial charge in [-0.1, -0.05) is 72.3 Å². The fourth-order valence-electron chi connectivity index (χ4n) is 8.19. The third-order valence-corrected chi connectivity index (χ3v) is 13.2. The van der Waals surface area contributed by atoms with Crippen molar-refractivity contribution in [3.05, 3.63) is 147 Å². The third-order valence-electron chi connectivity index (χ3n) is 11.6. The molecule has 2 saturated heterocycles. The standard InChI is InChI=1S/C46H46ClN5O7S/c1-31(38-8-2-3-9-39(38)34-12-14-35(47)15-13-34)50-22-24-51(25-23-50)36-16-18-41(45(28-36)59-44-11-5-7-33-6-4-10-40(33)44)46(53)49-60(56,57)37-17-19-42(43(29-37)52(54)55)48-30-32-20-26-58-27-21-32/h2-5,7-19,28-29,31-32,48H,6,20-27,30H2,1H3,(H,49,53)/t31-/m1/s1. The summed E-state index contributed by atoms with van der Waals surface area (Å²) in [5, 5.41) is 15.9. The number of carbonyl (C=O) groups is 1. The first-order valence-electron chi connectivity index (χ1n) is 20.2. The molecule has 0 unspecified atom stereocenters. The van der Waals surface area contributed by atoms with Crippen LogP contribution in [0.3, 0.4) is 0 Å². The summed E-state index contributed by atoms with van der Waals surface area (Å²) in [6.45, 7) is 6.93. The molecule has 0 radical (unpaired) electrons. The number of piperazine rings is 1. The van der Waals surface area contributed by atoms with Gasteiger partial charge in [-0.3, -0.25) is 19.8 Å². The van der Waals surface area contributed by atoms with Crippen LogP contribution >= 0.6 is 11.6 Å². The summed E-state index contributed by atoms with van der Waals surface area (Å²) in [6.07, 6.45) is 6.41. The van der Waals surface area contributed by atoms with Gasteiger partial charge in [0.25, 0.3) is 21.6 Å². The molecule has 5 aromatic carbocycles. The van der Waals surface area contributed by atoms with Crippen LogP contribution in [0.15, 0.2) is 114 Å². The average molecular weight is 848 g/mol. The number of halogens is 1. The number of nitro benzene ring substituents is 1. The van der Waals surface area contributed by atoms with Gasteiger partial charge in [0.15, 0.2) is 0 Å². The van der Waals surface area contributed by atoms with Gasteiger partial charge in [-0.15, -0.1) is 0 Å². The van der Waals surface area contributed by atoms with E-state index in [1.54, 1.807) is 18.2 Å². The number of nitro groups is 1. The van der Waals surface area contributed by atoms with Crippen molar-refractivity contribution in [3.63, 3.8) is 0 Å². The summed E-state index contributed by atoms with van der Waals surface area (Å²) < 4.78 is 41.4. The molecular weight excluding hydrogens is 802 g/mol. The van der Waals surface area contributed by atoms with Crippen molar-refractivity contribution < 1.29 is 27.6 Å². The molecule has 1 aliphatic carbocycles. The molecule has 2 aliphatic heterocycles. The van der Waals surface area contributed by atoms with E-state index in [4.69, 9.17) is 21.1 Å². The minimum absolute atomic E-state index is 0.00258. The predicted molar refractivity (Wildman–Crippen MR) is 235 cm³/mol. The molecule has 60 heavy (non-hydrogen) atoms. The van der Waals surface area contributed by atoms with Crippen LogP contribution in [-0.4, -0.2) is 70.1 Å². The van der Waals surface area contributed by atoms with Crippen LogP contribution in [0.25, 0.3) is 17.2 Å². The topological polar surface area (TPSA) is 143 Å². The molecule has 8 rings (SSSR count). The van der Waals surface area contributed by atoms with E-state index in [1.165, 1.54) is 17.7 Å². The first-order valence-corrected chi connectivity index (χ1v) is 22.0. The molecule has 0 aromatic heterocycles. The number of ether oxygens (including phenoxy) is 2. The number of carbonyl (C=O) groups excluding carboxylic acids is 1. The van der Waals surface area contributed by atoms with Gasteiger partial charge in [-0.25, -0.2) is 13.1 Å². The number of hydrogen-bond acceptors (Lipinski definition) is 10. The molecule has 2 N–H and O–H groups in total. The fraction of sp³-hybridized carbons (Fsp3) is 0.283. The highest BCUT2D eigenvalue weighted by molar-refractivity contribution is 7.90. The van der Waals surface area contributed by atoms with E-state index in [1.807, 2.05) is 60.7 Å². The van der Waals surface area contributed by atoms with Crippen molar-refractivity contribution in [3.8, 4) is 22.6 Å². The second-order valence-electron chi connectivity index (χ2n) is 15.3. The minimum Gasteiger partial charge on any atom is -0.456 e. The Hall–Kier alpha value is -5.73. The minimum atomic E-state index is -4.54. The second kappa shape index (κ2) is 17.9. The number of nitrogens with zero attached hydrogens (tertiary/aromatic N) is 3. The lowest BCUT2D eigenvalue weighted by Crippen LogP contribution is -2.47. The van der Waals surface area contributed by atoms with E-state index in [-0.39, 0.29) is 29.0 Å². The molecule has 1 amide bonds. The second-order valence-corrected chi connectivity index (χ2v) is 17.4. The van der Waals surface area contributed by atoms with E-state index < -0.39 is 31.4 Å². The Morgan fingerprint density at radius 3 is 2.47 bits per heavy atom. The molecule has 2 heterocycles. The van der Waals surface area contributed by atoms with Gasteiger partial charge in [0.2, 0.25) is 0 Å². The van der Waals surface area contributed by atoms with Gasteiger partial charge in [-0.2, -0.15) is 0 Å². The molecule has 0 spiro atoms. The van der Waals surface area contributed by atoms with Crippen molar-refractivity contribution in [1.82, 2.24) is 9.62 Å². The number of anilines is 2. The molecule has 3 aliphatic rings. The maximum Gasteiger partial charge on any atom is 0.293 e. The van der Waals surface area contributed by atoms with Crippen LogP contribution < -0.4 is 19.7 Å². The first kappa shape index (κ1) is 41.0. The Labute approximate surface area is 355 Å². The van der Waals surface area contributed by atoms with Crippen LogP contribution in [0.2, 0.25) is 5.02 Å². The average Bonchev–Trinajstić information content (AvgIpc) is 3.76. The maximum atomic E-state index is 14.0. The van der Waals surface area contributed by atoms with E-state index in [0.29, 0.717) is 43.6 Å². The van der Waals surface area contributed by atoms with Crippen molar-refractivity contribution in [2.75, 3.05) is 56.2 Å². The normalized spacial score (nSPS) is 16.3. The molecule has 14 heteroatoms. The van der Waals surface area contributed by atoms with E-state index in [0.717, 1.165) is 66.4 Å². The van der Waals surface area contributed by atoms with E-state index in [2.05, 4.69) is 45.0 Å². The van der Waals surface area contributed by atoms with Gasteiger partial charge in [0, 0.05) is 80.4 Å². The highest BCUT2D eigenvalue weighted by Crippen LogP contribution is 2.38. The zero-order chi connectivity index (χ0) is 41.8. The highest BCUT2D eigenvalue weighted by atomic mass is 35.5.